The lowest BCUT2D eigenvalue weighted by atomic mass is 10.1. The molecule has 0 aliphatic heterocycles. The molecule has 1 amide bonds. The van der Waals surface area contributed by atoms with Crippen LogP contribution in [0.2, 0.25) is 5.02 Å². The number of hydrogen-bond donors (Lipinski definition) is 2. The number of halogens is 4. The van der Waals surface area contributed by atoms with Gasteiger partial charge in [-0.05, 0) is 49.4 Å². The minimum absolute atomic E-state index is 0.114. The summed E-state index contributed by atoms with van der Waals surface area (Å²) in [5, 5.41) is 3.92. The fraction of sp³-hybridized carbons (Fsp3) is 0.263. The number of rotatable bonds is 7. The van der Waals surface area contributed by atoms with Crippen LogP contribution in [0.4, 0.5) is 18.9 Å². The molecule has 0 fully saturated rings. The monoisotopic (exact) mass is 430 g/mol. The molecular formula is C19H18ClF3N2O4. The number of esters is 1. The van der Waals surface area contributed by atoms with E-state index in [-0.39, 0.29) is 22.9 Å². The number of benzene rings is 2. The first kappa shape index (κ1) is 22.4. The molecule has 0 saturated heterocycles. The van der Waals surface area contributed by atoms with Gasteiger partial charge >= 0.3 is 17.8 Å². The minimum atomic E-state index is -5.25. The van der Waals surface area contributed by atoms with Gasteiger partial charge in [-0.15, -0.1) is 0 Å². The molecule has 0 heterocycles. The molecule has 2 N–H and O–H groups in total. The van der Waals surface area contributed by atoms with Crippen LogP contribution in [-0.4, -0.2) is 37.4 Å². The highest BCUT2D eigenvalue weighted by Gasteiger charge is 2.63. The van der Waals surface area contributed by atoms with Crippen molar-refractivity contribution in [2.45, 2.75) is 18.8 Å². The summed E-state index contributed by atoms with van der Waals surface area (Å²) in [4.78, 5) is 24.9. The average molecular weight is 431 g/mol. The highest BCUT2D eigenvalue weighted by Crippen LogP contribution is 2.34. The maximum atomic E-state index is 14.1. The molecule has 0 aromatic heterocycles. The Morgan fingerprint density at radius 3 is 2.28 bits per heavy atom. The van der Waals surface area contributed by atoms with Crippen molar-refractivity contribution >= 4 is 29.2 Å². The first-order chi connectivity index (χ1) is 13.6. The second kappa shape index (κ2) is 9.04. The number of hydrogen-bond acceptors (Lipinski definition) is 5. The van der Waals surface area contributed by atoms with Gasteiger partial charge in [0.1, 0.15) is 5.75 Å². The summed E-state index contributed by atoms with van der Waals surface area (Å²) in [6.45, 7) is 1.02. The Labute approximate surface area is 169 Å². The highest BCUT2D eigenvalue weighted by atomic mass is 35.5. The summed E-state index contributed by atoms with van der Waals surface area (Å²) in [7, 11) is 1.40. The number of alkyl halides is 3. The van der Waals surface area contributed by atoms with Crippen molar-refractivity contribution in [1.29, 1.82) is 0 Å². The molecule has 2 rings (SSSR count). The first-order valence-electron chi connectivity index (χ1n) is 8.37. The van der Waals surface area contributed by atoms with Crippen LogP contribution < -0.4 is 15.4 Å². The van der Waals surface area contributed by atoms with Gasteiger partial charge < -0.3 is 20.1 Å². The molecule has 2 aromatic rings. The molecule has 0 bridgehead atoms. The average Bonchev–Trinajstić information content (AvgIpc) is 2.66. The number of carbonyl (C=O) groups excluding carboxylic acids is 2. The molecule has 0 aliphatic rings. The van der Waals surface area contributed by atoms with Crippen LogP contribution in [0.15, 0.2) is 48.5 Å². The van der Waals surface area contributed by atoms with Crippen LogP contribution in [0.5, 0.6) is 5.75 Å². The summed E-state index contributed by atoms with van der Waals surface area (Å²) < 4.78 is 51.9. The fourth-order valence-corrected chi connectivity index (χ4v) is 2.59. The third-order valence-electron chi connectivity index (χ3n) is 3.82. The molecule has 0 unspecified atom stereocenters. The summed E-state index contributed by atoms with van der Waals surface area (Å²) in [6, 6.07) is 10.6. The highest BCUT2D eigenvalue weighted by molar-refractivity contribution is 6.30. The van der Waals surface area contributed by atoms with E-state index in [1.54, 1.807) is 5.32 Å². The Balaban J connectivity index is 2.48. The standard InChI is InChI=1S/C19H18ClF3N2O4/c1-3-29-17(27)18(19(21,22)23,24-14-6-4-5-13(20)11-14)25-16(26)12-7-9-15(28-2)10-8-12/h4-11,24H,3H2,1-2H3,(H,25,26)/t18-/m1/s1. The molecule has 6 nitrogen and oxygen atoms in total. The van der Waals surface area contributed by atoms with Gasteiger partial charge in [0.15, 0.2) is 0 Å². The van der Waals surface area contributed by atoms with E-state index in [1.165, 1.54) is 62.6 Å². The van der Waals surface area contributed by atoms with Gasteiger partial charge in [0.05, 0.1) is 13.7 Å². The Morgan fingerprint density at radius 2 is 1.76 bits per heavy atom. The molecule has 1 atom stereocenters. The van der Waals surface area contributed by atoms with Crippen LogP contribution in [-0.2, 0) is 9.53 Å². The lowest BCUT2D eigenvalue weighted by Crippen LogP contribution is -2.69. The third kappa shape index (κ3) is 5.11. The van der Waals surface area contributed by atoms with E-state index in [0.29, 0.717) is 5.75 Å². The predicted molar refractivity (Wildman–Crippen MR) is 101 cm³/mol. The van der Waals surface area contributed by atoms with Gasteiger partial charge in [0.25, 0.3) is 5.91 Å². The van der Waals surface area contributed by atoms with Gasteiger partial charge in [-0.3, -0.25) is 4.79 Å². The topological polar surface area (TPSA) is 76.7 Å². The van der Waals surface area contributed by atoms with Gasteiger partial charge in [-0.2, -0.15) is 13.2 Å². The number of methoxy groups -OCH3 is 1. The molecule has 0 radical (unpaired) electrons. The maximum absolute atomic E-state index is 14.1. The fourth-order valence-electron chi connectivity index (χ4n) is 2.40. The van der Waals surface area contributed by atoms with E-state index >= 15 is 0 Å². The van der Waals surface area contributed by atoms with Crippen LogP contribution in [0.3, 0.4) is 0 Å². The number of amides is 1. The summed E-state index contributed by atoms with van der Waals surface area (Å²) in [5.74, 6) is -2.45. The number of nitrogens with one attached hydrogen (secondary N) is 2. The number of ether oxygens (including phenoxy) is 2. The van der Waals surface area contributed by atoms with E-state index in [9.17, 15) is 22.8 Å². The Hall–Kier alpha value is -2.94. The van der Waals surface area contributed by atoms with E-state index in [2.05, 4.69) is 4.74 Å². The van der Waals surface area contributed by atoms with Gasteiger partial charge in [0, 0.05) is 16.3 Å². The zero-order chi connectivity index (χ0) is 21.7. The van der Waals surface area contributed by atoms with Gasteiger partial charge in [0.2, 0.25) is 0 Å². The minimum Gasteiger partial charge on any atom is -0.497 e. The first-order valence-corrected chi connectivity index (χ1v) is 8.75. The molecule has 10 heteroatoms. The van der Waals surface area contributed by atoms with Crippen molar-refractivity contribution in [2.24, 2.45) is 0 Å². The summed E-state index contributed by atoms with van der Waals surface area (Å²) >= 11 is 5.82. The molecule has 29 heavy (non-hydrogen) atoms. The van der Waals surface area contributed by atoms with E-state index < -0.39 is 23.7 Å². The second-order valence-corrected chi connectivity index (χ2v) is 6.22. The zero-order valence-electron chi connectivity index (χ0n) is 15.5. The van der Waals surface area contributed by atoms with Crippen molar-refractivity contribution in [2.75, 3.05) is 19.0 Å². The molecule has 2 aromatic carbocycles. The Morgan fingerprint density at radius 1 is 1.10 bits per heavy atom. The van der Waals surface area contributed by atoms with Crippen LogP contribution in [0, 0.1) is 0 Å². The van der Waals surface area contributed by atoms with Crippen molar-refractivity contribution in [3.63, 3.8) is 0 Å². The molecule has 0 spiro atoms. The summed E-state index contributed by atoms with van der Waals surface area (Å²) in [5.41, 5.74) is -3.79. The molecule has 0 saturated carbocycles. The normalized spacial score (nSPS) is 13.2. The smallest absolute Gasteiger partial charge is 0.441 e. The van der Waals surface area contributed by atoms with Crippen molar-refractivity contribution in [3.05, 3.63) is 59.1 Å². The van der Waals surface area contributed by atoms with Crippen molar-refractivity contribution in [1.82, 2.24) is 5.32 Å². The van der Waals surface area contributed by atoms with E-state index in [4.69, 9.17) is 16.3 Å². The zero-order valence-corrected chi connectivity index (χ0v) is 16.2. The number of anilines is 1. The second-order valence-electron chi connectivity index (χ2n) is 5.79. The van der Waals surface area contributed by atoms with Crippen LogP contribution in [0.25, 0.3) is 0 Å². The predicted octanol–water partition coefficient (Wildman–Crippen LogP) is 4.01. The van der Waals surface area contributed by atoms with Gasteiger partial charge in [-0.25, -0.2) is 4.79 Å². The third-order valence-corrected chi connectivity index (χ3v) is 4.05. The van der Waals surface area contributed by atoms with Crippen molar-refractivity contribution in [3.8, 4) is 5.75 Å². The van der Waals surface area contributed by atoms with E-state index in [1.807, 2.05) is 5.32 Å². The molecule has 156 valence electrons. The quantitative estimate of drug-likeness (QED) is 0.512. The van der Waals surface area contributed by atoms with E-state index in [0.717, 1.165) is 0 Å². The summed E-state index contributed by atoms with van der Waals surface area (Å²) in [6.07, 6.45) is -5.25. The Kier molecular flexibility index (Phi) is 6.97. The molecular weight excluding hydrogens is 413 g/mol. The lowest BCUT2D eigenvalue weighted by molar-refractivity contribution is -0.204. The Bertz CT molecular complexity index is 875. The molecule has 0 aliphatic carbocycles. The van der Waals surface area contributed by atoms with Crippen LogP contribution in [0.1, 0.15) is 17.3 Å². The number of carbonyl (C=O) groups is 2. The lowest BCUT2D eigenvalue weighted by Gasteiger charge is -2.35. The SMILES string of the molecule is CCOC(=O)[C@](NC(=O)c1ccc(OC)cc1)(Nc1cccc(Cl)c1)C(F)(F)F. The van der Waals surface area contributed by atoms with Gasteiger partial charge in [-0.1, -0.05) is 17.7 Å². The van der Waals surface area contributed by atoms with Crippen LogP contribution >= 0.6 is 11.6 Å². The van der Waals surface area contributed by atoms with Crippen molar-refractivity contribution < 1.29 is 32.2 Å². The maximum Gasteiger partial charge on any atom is 0.441 e. The largest absolute Gasteiger partial charge is 0.497 e.